The van der Waals surface area contributed by atoms with Crippen molar-refractivity contribution in [3.63, 3.8) is 0 Å². The van der Waals surface area contributed by atoms with Crippen molar-refractivity contribution >= 4 is 29.3 Å². The number of ether oxygens (including phenoxy) is 1. The topological polar surface area (TPSA) is 84.0 Å². The number of likely N-dealkylation sites (tertiary alicyclic amines) is 1. The molecule has 2 heterocycles. The second-order valence-corrected chi connectivity index (χ2v) is 7.76. The van der Waals surface area contributed by atoms with Crippen molar-refractivity contribution in [2.75, 3.05) is 11.9 Å². The van der Waals surface area contributed by atoms with Gasteiger partial charge < -0.3 is 4.74 Å². The average molecular weight is 390 g/mol. The Balaban J connectivity index is 1.37. The van der Waals surface area contributed by atoms with Gasteiger partial charge >= 0.3 is 0 Å². The Morgan fingerprint density at radius 1 is 0.655 bits per heavy atom. The fourth-order valence-corrected chi connectivity index (χ4v) is 4.60. The maximum absolute atomic E-state index is 12.9. The van der Waals surface area contributed by atoms with Crippen molar-refractivity contribution in [2.45, 2.75) is 6.92 Å². The Hall–Kier alpha value is -3.48. The molecule has 146 valence electrons. The van der Waals surface area contributed by atoms with Crippen LogP contribution in [0, 0.1) is 30.6 Å². The summed E-state index contributed by atoms with van der Waals surface area (Å²) in [6, 6.07) is 14.2. The zero-order valence-corrected chi connectivity index (χ0v) is 15.9. The number of aryl methyl sites for hydroxylation is 1. The molecule has 0 radical (unpaired) electrons. The molecule has 29 heavy (non-hydrogen) atoms. The van der Waals surface area contributed by atoms with Crippen LogP contribution in [0.5, 0.6) is 11.5 Å². The molecule has 2 aromatic carbocycles. The maximum atomic E-state index is 12.9. The molecule has 2 aromatic rings. The van der Waals surface area contributed by atoms with Crippen LogP contribution in [0.2, 0.25) is 0 Å². The first kappa shape index (κ1) is 17.6. The highest BCUT2D eigenvalue weighted by atomic mass is 16.5. The highest BCUT2D eigenvalue weighted by molar-refractivity contribution is 6.27. The Labute approximate surface area is 166 Å². The van der Waals surface area contributed by atoms with Crippen molar-refractivity contribution in [1.29, 1.82) is 0 Å². The Morgan fingerprint density at radius 3 is 1.55 bits per heavy atom. The van der Waals surface area contributed by atoms with Gasteiger partial charge in [0.05, 0.1) is 29.4 Å². The zero-order chi connectivity index (χ0) is 20.4. The lowest BCUT2D eigenvalue weighted by Gasteiger charge is -2.36. The lowest BCUT2D eigenvalue weighted by Crippen LogP contribution is -2.50. The van der Waals surface area contributed by atoms with Gasteiger partial charge in [0.25, 0.3) is 0 Å². The molecule has 0 aromatic heterocycles. The molecule has 0 N–H and O–H groups in total. The van der Waals surface area contributed by atoms with Crippen LogP contribution < -0.4 is 9.64 Å². The average Bonchev–Trinajstić information content (AvgIpc) is 2.99. The number of rotatable bonds is 3. The predicted octanol–water partition coefficient (Wildman–Crippen LogP) is 2.14. The molecule has 0 spiro atoms. The van der Waals surface area contributed by atoms with Gasteiger partial charge in [-0.15, -0.1) is 0 Å². The van der Waals surface area contributed by atoms with E-state index >= 15 is 0 Å². The number of anilines is 1. The number of nitrogens with zero attached hydrogens (tertiary/aromatic N) is 2. The zero-order valence-electron chi connectivity index (χ0n) is 15.9. The highest BCUT2D eigenvalue weighted by Gasteiger charge is 2.73. The third-order valence-corrected chi connectivity index (χ3v) is 6.14. The largest absolute Gasteiger partial charge is 0.457 e. The van der Waals surface area contributed by atoms with E-state index in [0.29, 0.717) is 17.2 Å². The molecule has 3 aliphatic rings. The number of imide groups is 2. The molecular weight excluding hydrogens is 372 g/mol. The minimum absolute atomic E-state index is 0.369. The van der Waals surface area contributed by atoms with E-state index in [9.17, 15) is 19.2 Å². The molecule has 4 atom stereocenters. The molecule has 4 unspecified atom stereocenters. The van der Waals surface area contributed by atoms with Gasteiger partial charge in [0.15, 0.2) is 0 Å². The van der Waals surface area contributed by atoms with Crippen LogP contribution in [-0.2, 0) is 19.2 Å². The summed E-state index contributed by atoms with van der Waals surface area (Å²) >= 11 is 0. The van der Waals surface area contributed by atoms with Crippen LogP contribution in [0.1, 0.15) is 5.56 Å². The van der Waals surface area contributed by atoms with Gasteiger partial charge in [-0.2, -0.15) is 0 Å². The first-order valence-corrected chi connectivity index (χ1v) is 9.42. The fraction of sp³-hybridized carbons (Fsp3) is 0.273. The standard InChI is InChI=1S/C22H18N2O5/c1-11-3-7-13(8-4-11)29-14-9-5-12(6-10-14)24-21(27)17-15-16(18(17)22(24)28)20(26)23(2)19(15)25/h3-10,15-18H,1-2H3. The van der Waals surface area contributed by atoms with Crippen LogP contribution in [0.15, 0.2) is 48.5 Å². The summed E-state index contributed by atoms with van der Waals surface area (Å²) < 4.78 is 5.78. The second-order valence-electron chi connectivity index (χ2n) is 7.76. The summed E-state index contributed by atoms with van der Waals surface area (Å²) in [4.78, 5) is 52.4. The van der Waals surface area contributed by atoms with E-state index in [1.54, 1.807) is 24.3 Å². The summed E-state index contributed by atoms with van der Waals surface area (Å²) in [5, 5.41) is 0. The quantitative estimate of drug-likeness (QED) is 0.750. The van der Waals surface area contributed by atoms with E-state index < -0.39 is 35.5 Å². The third-order valence-electron chi connectivity index (χ3n) is 6.14. The van der Waals surface area contributed by atoms with Crippen LogP contribution in [0.4, 0.5) is 5.69 Å². The molecule has 3 fully saturated rings. The predicted molar refractivity (Wildman–Crippen MR) is 102 cm³/mol. The maximum Gasteiger partial charge on any atom is 0.238 e. The Kier molecular flexibility index (Phi) is 3.65. The summed E-state index contributed by atoms with van der Waals surface area (Å²) in [6.45, 7) is 1.99. The van der Waals surface area contributed by atoms with Gasteiger partial charge in [0.2, 0.25) is 23.6 Å². The lowest BCUT2D eigenvalue weighted by molar-refractivity contribution is -0.146. The number of fused-ring (bicyclic) bond motifs is 4. The number of hydrogen-bond donors (Lipinski definition) is 0. The van der Waals surface area contributed by atoms with Crippen molar-refractivity contribution in [1.82, 2.24) is 4.90 Å². The molecule has 7 heteroatoms. The molecule has 7 nitrogen and oxygen atoms in total. The molecule has 1 saturated carbocycles. The number of carbonyl (C=O) groups excluding carboxylic acids is 4. The SMILES string of the molecule is Cc1ccc(Oc2ccc(N3C(=O)C4C5C(=O)N(C)C(=O)C5C4C3=O)cc2)cc1. The van der Waals surface area contributed by atoms with Gasteiger partial charge in [0, 0.05) is 7.05 Å². The minimum Gasteiger partial charge on any atom is -0.457 e. The van der Waals surface area contributed by atoms with E-state index in [4.69, 9.17) is 4.74 Å². The van der Waals surface area contributed by atoms with E-state index in [2.05, 4.69) is 0 Å². The van der Waals surface area contributed by atoms with Crippen LogP contribution in [0.25, 0.3) is 0 Å². The second kappa shape index (κ2) is 6.01. The summed E-state index contributed by atoms with van der Waals surface area (Å²) in [6.07, 6.45) is 0. The molecule has 0 bridgehead atoms. The Bertz CT molecular complexity index is 1020. The molecule has 1 aliphatic carbocycles. The molecule has 2 aliphatic heterocycles. The van der Waals surface area contributed by atoms with Crippen LogP contribution in [0.3, 0.4) is 0 Å². The highest BCUT2D eigenvalue weighted by Crippen LogP contribution is 2.56. The van der Waals surface area contributed by atoms with E-state index in [-0.39, 0.29) is 11.8 Å². The van der Waals surface area contributed by atoms with E-state index in [1.807, 2.05) is 31.2 Å². The van der Waals surface area contributed by atoms with Crippen molar-refractivity contribution in [3.8, 4) is 11.5 Å². The van der Waals surface area contributed by atoms with E-state index in [1.165, 1.54) is 7.05 Å². The molecule has 5 rings (SSSR count). The van der Waals surface area contributed by atoms with Crippen LogP contribution >= 0.6 is 0 Å². The minimum atomic E-state index is -0.739. The normalized spacial score (nSPS) is 27.8. The summed E-state index contributed by atoms with van der Waals surface area (Å²) in [5.41, 5.74) is 1.54. The van der Waals surface area contributed by atoms with Crippen molar-refractivity contribution in [3.05, 3.63) is 54.1 Å². The molecule has 2 saturated heterocycles. The van der Waals surface area contributed by atoms with Crippen molar-refractivity contribution in [2.24, 2.45) is 23.7 Å². The Morgan fingerprint density at radius 2 is 1.07 bits per heavy atom. The van der Waals surface area contributed by atoms with Crippen LogP contribution in [-0.4, -0.2) is 35.6 Å². The first-order chi connectivity index (χ1) is 13.9. The molecule has 4 amide bonds. The fourth-order valence-electron chi connectivity index (χ4n) is 4.60. The number of benzene rings is 2. The van der Waals surface area contributed by atoms with Gasteiger partial charge in [-0.1, -0.05) is 17.7 Å². The number of carbonyl (C=O) groups is 4. The van der Waals surface area contributed by atoms with E-state index in [0.717, 1.165) is 15.4 Å². The number of hydrogen-bond acceptors (Lipinski definition) is 5. The summed E-state index contributed by atoms with van der Waals surface area (Å²) in [7, 11) is 1.40. The van der Waals surface area contributed by atoms with Gasteiger partial charge in [-0.3, -0.25) is 29.0 Å². The monoisotopic (exact) mass is 390 g/mol. The van der Waals surface area contributed by atoms with Gasteiger partial charge in [-0.05, 0) is 43.3 Å². The van der Waals surface area contributed by atoms with Gasteiger partial charge in [-0.25, -0.2) is 0 Å². The number of amides is 4. The smallest absolute Gasteiger partial charge is 0.238 e. The third kappa shape index (κ3) is 2.36. The van der Waals surface area contributed by atoms with Gasteiger partial charge in [0.1, 0.15) is 11.5 Å². The first-order valence-electron chi connectivity index (χ1n) is 9.42. The summed E-state index contributed by atoms with van der Waals surface area (Å²) in [5.74, 6) is -3.19. The van der Waals surface area contributed by atoms with Crippen molar-refractivity contribution < 1.29 is 23.9 Å². The molecular formula is C22H18N2O5. The lowest BCUT2D eigenvalue weighted by atomic mass is 9.59.